The number of carboxylic acids is 1. The van der Waals surface area contributed by atoms with E-state index in [2.05, 4.69) is 6.92 Å². The summed E-state index contributed by atoms with van der Waals surface area (Å²) in [5.41, 5.74) is -1.16. The molecule has 0 unspecified atom stereocenters. The lowest BCUT2D eigenvalue weighted by atomic mass is 9.48. The van der Waals surface area contributed by atoms with Gasteiger partial charge in [0.15, 0.2) is 0 Å². The molecule has 5 nitrogen and oxygen atoms in total. The number of carboxylic acid groups (broad SMARTS) is 1. The highest BCUT2D eigenvalue weighted by Crippen LogP contribution is 2.63. The Morgan fingerprint density at radius 3 is 2.44 bits per heavy atom. The third-order valence-electron chi connectivity index (χ3n) is 7.63. The molecule has 3 aliphatic rings. The number of carbonyl (C=O) groups is 4. The molecule has 3 fully saturated rings. The van der Waals surface area contributed by atoms with Crippen LogP contribution in [0.25, 0.3) is 0 Å². The summed E-state index contributed by atoms with van der Waals surface area (Å²) in [4.78, 5) is 49.0. The fourth-order valence-corrected chi connectivity index (χ4v) is 6.46. The van der Waals surface area contributed by atoms with Gasteiger partial charge in [-0.05, 0) is 49.9 Å². The van der Waals surface area contributed by atoms with Crippen molar-refractivity contribution in [1.29, 1.82) is 0 Å². The number of fused-ring (bicyclic) bond motifs is 3. The van der Waals surface area contributed by atoms with E-state index in [4.69, 9.17) is 5.11 Å². The van der Waals surface area contributed by atoms with Crippen LogP contribution in [-0.2, 0) is 19.2 Å². The Morgan fingerprint density at radius 1 is 1.16 bits per heavy atom. The Balaban J connectivity index is 1.95. The van der Waals surface area contributed by atoms with Crippen molar-refractivity contribution in [2.24, 2.45) is 34.5 Å². The fraction of sp³-hybridized carbons (Fsp3) is 0.800. The van der Waals surface area contributed by atoms with Gasteiger partial charge >= 0.3 is 5.97 Å². The van der Waals surface area contributed by atoms with Crippen LogP contribution in [0, 0.1) is 34.5 Å². The van der Waals surface area contributed by atoms with Gasteiger partial charge in [-0.15, -0.1) is 0 Å². The van der Waals surface area contributed by atoms with E-state index in [-0.39, 0.29) is 59.3 Å². The van der Waals surface area contributed by atoms with E-state index in [1.165, 1.54) is 0 Å². The first-order valence-electron chi connectivity index (χ1n) is 9.39. The molecule has 0 heterocycles. The highest BCUT2D eigenvalue weighted by Gasteiger charge is 2.63. The van der Waals surface area contributed by atoms with Gasteiger partial charge in [0.2, 0.25) is 0 Å². The Bertz CT molecular complexity index is 638. The van der Waals surface area contributed by atoms with Gasteiger partial charge in [-0.2, -0.15) is 0 Å². The molecular weight excluding hydrogens is 320 g/mol. The van der Waals surface area contributed by atoms with Crippen LogP contribution in [0.3, 0.4) is 0 Å². The Morgan fingerprint density at radius 2 is 1.84 bits per heavy atom. The summed E-state index contributed by atoms with van der Waals surface area (Å²) < 4.78 is 0. The molecule has 25 heavy (non-hydrogen) atoms. The first-order valence-corrected chi connectivity index (χ1v) is 9.39. The van der Waals surface area contributed by atoms with Gasteiger partial charge in [0, 0.05) is 36.5 Å². The molecular formula is C20H28O5. The lowest BCUT2D eigenvalue weighted by molar-refractivity contribution is -0.161. The van der Waals surface area contributed by atoms with Crippen molar-refractivity contribution in [3.8, 4) is 0 Å². The number of hydrogen-bond donors (Lipinski definition) is 1. The van der Waals surface area contributed by atoms with Crippen molar-refractivity contribution in [2.45, 2.75) is 65.7 Å². The van der Waals surface area contributed by atoms with Crippen LogP contribution in [0.1, 0.15) is 65.7 Å². The third kappa shape index (κ3) is 2.67. The van der Waals surface area contributed by atoms with Crippen LogP contribution >= 0.6 is 0 Å². The molecule has 0 amide bonds. The number of Topliss-reactive ketones (excluding diaryl/α,β-unsaturated/α-hetero) is 3. The summed E-state index contributed by atoms with van der Waals surface area (Å²) >= 11 is 0. The number of ketones is 3. The third-order valence-corrected chi connectivity index (χ3v) is 7.63. The van der Waals surface area contributed by atoms with E-state index < -0.39 is 11.4 Å². The summed E-state index contributed by atoms with van der Waals surface area (Å²) in [7, 11) is 0. The molecule has 5 heteroatoms. The fourth-order valence-electron chi connectivity index (χ4n) is 6.46. The van der Waals surface area contributed by atoms with E-state index >= 15 is 0 Å². The summed E-state index contributed by atoms with van der Waals surface area (Å²) in [6, 6.07) is 0. The van der Waals surface area contributed by atoms with Crippen LogP contribution < -0.4 is 0 Å². The van der Waals surface area contributed by atoms with E-state index in [9.17, 15) is 19.2 Å². The predicted octanol–water partition coefficient (Wildman–Crippen LogP) is 3.05. The van der Waals surface area contributed by atoms with Gasteiger partial charge in [-0.25, -0.2) is 0 Å². The molecule has 0 bridgehead atoms. The summed E-state index contributed by atoms with van der Waals surface area (Å²) in [6.07, 6.45) is 3.36. The molecule has 0 aliphatic heterocycles. The minimum absolute atomic E-state index is 0.0352. The molecule has 3 aliphatic carbocycles. The van der Waals surface area contributed by atoms with Crippen LogP contribution in [0.4, 0.5) is 0 Å². The number of hydrogen-bond acceptors (Lipinski definition) is 4. The Hall–Kier alpha value is -1.52. The average molecular weight is 348 g/mol. The maximum atomic E-state index is 13.1. The average Bonchev–Trinajstić information content (AvgIpc) is 2.85. The minimum atomic E-state index is -0.929. The van der Waals surface area contributed by atoms with Gasteiger partial charge in [-0.3, -0.25) is 19.2 Å². The highest BCUT2D eigenvalue weighted by molar-refractivity contribution is 5.95. The molecule has 0 aromatic rings. The summed E-state index contributed by atoms with van der Waals surface area (Å²) in [6.45, 7) is 5.50. The molecule has 0 saturated heterocycles. The monoisotopic (exact) mass is 348 g/mol. The predicted molar refractivity (Wildman–Crippen MR) is 90.8 cm³/mol. The van der Waals surface area contributed by atoms with Crippen molar-refractivity contribution in [2.75, 3.05) is 0 Å². The van der Waals surface area contributed by atoms with Gasteiger partial charge in [0.05, 0.1) is 0 Å². The van der Waals surface area contributed by atoms with Crippen LogP contribution in [-0.4, -0.2) is 28.4 Å². The molecule has 0 radical (unpaired) electrons. The largest absolute Gasteiger partial charge is 0.481 e. The minimum Gasteiger partial charge on any atom is -0.481 e. The summed E-state index contributed by atoms with van der Waals surface area (Å²) in [5.74, 6) is -0.722. The maximum absolute atomic E-state index is 13.1. The van der Waals surface area contributed by atoms with E-state index in [1.54, 1.807) is 13.8 Å². The van der Waals surface area contributed by atoms with Crippen molar-refractivity contribution >= 4 is 23.3 Å². The van der Waals surface area contributed by atoms with Crippen molar-refractivity contribution in [1.82, 2.24) is 0 Å². The van der Waals surface area contributed by atoms with Gasteiger partial charge in [-0.1, -0.05) is 13.8 Å². The SMILES string of the molecule is CC(=O)[C@H]1CC[C@H]2[C@@H]3CCC(=O)[C@](C)(CCC(=O)O)[C@H]3C(=O)C[C@]12C. The highest BCUT2D eigenvalue weighted by atomic mass is 16.4. The molecule has 6 atom stereocenters. The molecule has 1 N–H and O–H groups in total. The zero-order chi connectivity index (χ0) is 18.6. The van der Waals surface area contributed by atoms with E-state index in [0.717, 1.165) is 12.8 Å². The topological polar surface area (TPSA) is 88.5 Å². The smallest absolute Gasteiger partial charge is 0.303 e. The molecule has 3 saturated carbocycles. The summed E-state index contributed by atoms with van der Waals surface area (Å²) in [5, 5.41) is 9.06. The number of aliphatic carboxylic acids is 1. The van der Waals surface area contributed by atoms with Crippen LogP contribution in [0.15, 0.2) is 0 Å². The standard InChI is InChI=1S/C20H28O5/c1-11(21)13-5-6-14-12-4-7-16(23)19(2,9-8-17(24)25)18(12)15(22)10-20(13,14)3/h12-14,18H,4-10H2,1-3H3,(H,24,25)/t12-,13+,14-,18+,19-,20+/m0/s1. The number of rotatable bonds is 4. The molecule has 0 aromatic carbocycles. The zero-order valence-electron chi connectivity index (χ0n) is 15.3. The quantitative estimate of drug-likeness (QED) is 0.843. The second kappa shape index (κ2) is 6.03. The van der Waals surface area contributed by atoms with Crippen molar-refractivity contribution in [3.63, 3.8) is 0 Å². The Kier molecular flexibility index (Phi) is 4.41. The van der Waals surface area contributed by atoms with Gasteiger partial charge < -0.3 is 5.11 Å². The Labute approximate surface area is 148 Å². The second-order valence-corrected chi connectivity index (χ2v) is 8.91. The number of carbonyl (C=O) groups excluding carboxylic acids is 3. The van der Waals surface area contributed by atoms with Gasteiger partial charge in [0.25, 0.3) is 0 Å². The van der Waals surface area contributed by atoms with Crippen LogP contribution in [0.5, 0.6) is 0 Å². The molecule has 0 spiro atoms. The first-order chi connectivity index (χ1) is 11.6. The molecule has 3 rings (SSSR count). The van der Waals surface area contributed by atoms with Crippen LogP contribution in [0.2, 0.25) is 0 Å². The normalized spacial score (nSPS) is 43.5. The molecule has 0 aromatic heterocycles. The van der Waals surface area contributed by atoms with Crippen molar-refractivity contribution < 1.29 is 24.3 Å². The van der Waals surface area contributed by atoms with E-state index in [1.807, 2.05) is 0 Å². The van der Waals surface area contributed by atoms with Crippen molar-refractivity contribution in [3.05, 3.63) is 0 Å². The lowest BCUT2D eigenvalue weighted by Crippen LogP contribution is -2.56. The zero-order valence-corrected chi connectivity index (χ0v) is 15.3. The van der Waals surface area contributed by atoms with E-state index in [0.29, 0.717) is 19.3 Å². The second-order valence-electron chi connectivity index (χ2n) is 8.91. The first kappa shape index (κ1) is 18.3. The lowest BCUT2D eigenvalue weighted by Gasteiger charge is -2.54. The maximum Gasteiger partial charge on any atom is 0.303 e. The molecule has 138 valence electrons. The van der Waals surface area contributed by atoms with Gasteiger partial charge in [0.1, 0.15) is 17.3 Å².